The second-order valence-electron chi connectivity index (χ2n) is 13.3. The summed E-state index contributed by atoms with van der Waals surface area (Å²) in [7, 11) is 0. The first kappa shape index (κ1) is 32.2. The van der Waals surface area contributed by atoms with Gasteiger partial charge in [-0.25, -0.2) is 4.68 Å². The van der Waals surface area contributed by atoms with Crippen LogP contribution in [0, 0.1) is 29.1 Å². The van der Waals surface area contributed by atoms with Gasteiger partial charge in [0.05, 0.1) is 30.5 Å². The first-order chi connectivity index (χ1) is 20.4. The summed E-state index contributed by atoms with van der Waals surface area (Å²) < 4.78 is 7.59. The summed E-state index contributed by atoms with van der Waals surface area (Å²) in [5, 5.41) is 17.2. The number of nitrogens with zero attached hydrogens (tertiary/aromatic N) is 4. The van der Waals surface area contributed by atoms with Crippen LogP contribution in [0.4, 0.5) is 0 Å². The third-order valence-electron chi connectivity index (χ3n) is 8.65. The van der Waals surface area contributed by atoms with Gasteiger partial charge in [-0.15, -0.1) is 0 Å². The van der Waals surface area contributed by atoms with Crippen molar-refractivity contribution in [2.24, 2.45) is 29.1 Å². The third kappa shape index (κ3) is 8.45. The first-order valence-corrected chi connectivity index (χ1v) is 15.6. The van der Waals surface area contributed by atoms with Crippen LogP contribution in [0.5, 0.6) is 5.88 Å². The number of rotatable bonds is 12. The Morgan fingerprint density at radius 2 is 2.00 bits per heavy atom. The number of carboxylic acids is 1. The number of ether oxygens (including phenoxy) is 1. The summed E-state index contributed by atoms with van der Waals surface area (Å²) in [4.78, 5) is 44.2. The summed E-state index contributed by atoms with van der Waals surface area (Å²) >= 11 is 0. The van der Waals surface area contributed by atoms with Gasteiger partial charge in [0, 0.05) is 18.4 Å². The van der Waals surface area contributed by atoms with Crippen molar-refractivity contribution in [1.82, 2.24) is 25.0 Å². The maximum absolute atomic E-state index is 13.6. The SMILES string of the molecule is CC(C)COc1c(C(=O)NC2CCC3CC(C)CCCC32)cnn1/C=C/C(C)(C)C(=O)N(CC(=O)O)Cc1ccccn1. The van der Waals surface area contributed by atoms with E-state index in [1.807, 2.05) is 13.8 Å². The molecule has 0 bridgehead atoms. The summed E-state index contributed by atoms with van der Waals surface area (Å²) in [6.45, 7) is 9.84. The molecule has 0 aliphatic heterocycles. The van der Waals surface area contributed by atoms with E-state index in [9.17, 15) is 19.5 Å². The normalized spacial score (nSPS) is 22.3. The molecular weight excluding hydrogens is 546 g/mol. The Balaban J connectivity index is 1.52. The van der Waals surface area contributed by atoms with E-state index in [2.05, 4.69) is 22.3 Å². The number of hydrogen-bond donors (Lipinski definition) is 2. The molecule has 10 heteroatoms. The van der Waals surface area contributed by atoms with Crippen molar-refractivity contribution >= 4 is 24.0 Å². The van der Waals surface area contributed by atoms with Crippen molar-refractivity contribution in [1.29, 1.82) is 0 Å². The van der Waals surface area contributed by atoms with Crippen LogP contribution in [0.1, 0.15) is 89.2 Å². The molecule has 10 nitrogen and oxygen atoms in total. The molecule has 2 amide bonds. The van der Waals surface area contributed by atoms with Crippen LogP contribution in [-0.2, 0) is 16.1 Å². The van der Waals surface area contributed by atoms with Gasteiger partial charge in [-0.1, -0.05) is 45.8 Å². The second-order valence-corrected chi connectivity index (χ2v) is 13.3. The molecule has 4 unspecified atom stereocenters. The van der Waals surface area contributed by atoms with E-state index in [1.165, 1.54) is 35.0 Å². The van der Waals surface area contributed by atoms with Crippen molar-refractivity contribution in [3.8, 4) is 5.88 Å². The molecule has 2 N–H and O–H groups in total. The Labute approximate surface area is 254 Å². The van der Waals surface area contributed by atoms with Crippen molar-refractivity contribution in [3.05, 3.63) is 47.9 Å². The van der Waals surface area contributed by atoms with E-state index in [0.717, 1.165) is 25.2 Å². The van der Waals surface area contributed by atoms with Crippen molar-refractivity contribution in [2.45, 2.75) is 85.7 Å². The second kappa shape index (κ2) is 14.2. The van der Waals surface area contributed by atoms with E-state index in [1.54, 1.807) is 50.5 Å². The summed E-state index contributed by atoms with van der Waals surface area (Å²) in [5.74, 6) is 0.793. The van der Waals surface area contributed by atoms with Crippen molar-refractivity contribution < 1.29 is 24.2 Å². The number of fused-ring (bicyclic) bond motifs is 1. The Hall–Kier alpha value is -3.69. The standard InChI is InChI=1S/C33H47N5O5/c1-22(2)21-43-31-27(30(41)36-28-13-12-24-17-23(3)9-8-11-26(24)28)18-35-38(31)16-14-33(4,5)32(42)37(20-29(39)40)19-25-10-6-7-15-34-25/h6-7,10,14-16,18,22-24,26,28H,8-9,11-13,17,19-21H2,1-5H3,(H,36,41)(H,39,40)/b16-14+. The molecule has 2 aliphatic rings. The number of carbonyl (C=O) groups excluding carboxylic acids is 2. The predicted molar refractivity (Wildman–Crippen MR) is 164 cm³/mol. The van der Waals surface area contributed by atoms with Crippen molar-refractivity contribution in [3.63, 3.8) is 0 Å². The summed E-state index contributed by atoms with van der Waals surface area (Å²) in [6.07, 6.45) is 13.4. The molecule has 2 saturated carbocycles. The van der Waals surface area contributed by atoms with Gasteiger partial charge in [0.1, 0.15) is 12.1 Å². The fourth-order valence-corrected chi connectivity index (χ4v) is 6.43. The maximum Gasteiger partial charge on any atom is 0.323 e. The zero-order chi connectivity index (χ0) is 31.1. The number of aliphatic carboxylic acids is 1. The van der Waals surface area contributed by atoms with Gasteiger partial charge in [0.2, 0.25) is 11.8 Å². The Morgan fingerprint density at radius 1 is 1.21 bits per heavy atom. The van der Waals surface area contributed by atoms with Gasteiger partial charge in [0.25, 0.3) is 5.91 Å². The van der Waals surface area contributed by atoms with Gasteiger partial charge in [0.15, 0.2) is 0 Å². The van der Waals surface area contributed by atoms with Crippen LogP contribution in [0.25, 0.3) is 6.20 Å². The Kier molecular flexibility index (Phi) is 10.6. The van der Waals surface area contributed by atoms with E-state index in [-0.39, 0.29) is 30.3 Å². The lowest BCUT2D eigenvalue weighted by atomic mass is 9.87. The lowest BCUT2D eigenvalue weighted by Gasteiger charge is -2.28. The van der Waals surface area contributed by atoms with Gasteiger partial charge in [-0.3, -0.25) is 19.4 Å². The van der Waals surface area contributed by atoms with Gasteiger partial charge < -0.3 is 20.1 Å². The van der Waals surface area contributed by atoms with Crippen LogP contribution in [0.2, 0.25) is 0 Å². The van der Waals surface area contributed by atoms with Crippen LogP contribution in [0.15, 0.2) is 36.7 Å². The molecule has 0 spiro atoms. The molecule has 43 heavy (non-hydrogen) atoms. The van der Waals surface area contributed by atoms with Crippen LogP contribution in [0.3, 0.4) is 0 Å². The Bertz CT molecular complexity index is 1290. The number of amides is 2. The molecule has 4 atom stereocenters. The Morgan fingerprint density at radius 3 is 2.70 bits per heavy atom. The number of aromatic nitrogens is 3. The monoisotopic (exact) mass is 593 g/mol. The third-order valence-corrected chi connectivity index (χ3v) is 8.65. The lowest BCUT2D eigenvalue weighted by molar-refractivity contribution is -0.148. The van der Waals surface area contributed by atoms with E-state index in [4.69, 9.17) is 4.74 Å². The highest BCUT2D eigenvalue weighted by Gasteiger charge is 2.39. The van der Waals surface area contributed by atoms with Crippen LogP contribution >= 0.6 is 0 Å². The highest BCUT2D eigenvalue weighted by Crippen LogP contribution is 2.43. The fourth-order valence-electron chi connectivity index (χ4n) is 6.43. The molecule has 2 aliphatic carbocycles. The number of pyridine rings is 1. The van der Waals surface area contributed by atoms with Gasteiger partial charge in [-0.2, -0.15) is 5.10 Å². The van der Waals surface area contributed by atoms with Crippen LogP contribution < -0.4 is 10.1 Å². The fraction of sp³-hybridized carbons (Fsp3) is 0.606. The minimum Gasteiger partial charge on any atom is -0.480 e. The molecule has 2 aromatic heterocycles. The molecule has 2 fully saturated rings. The molecule has 234 valence electrons. The quantitative estimate of drug-likeness (QED) is 0.344. The average Bonchev–Trinajstić information content (AvgIpc) is 3.47. The summed E-state index contributed by atoms with van der Waals surface area (Å²) in [5.41, 5.74) is -0.123. The predicted octanol–water partition coefficient (Wildman–Crippen LogP) is 5.26. The molecule has 4 rings (SSSR count). The highest BCUT2D eigenvalue weighted by atomic mass is 16.5. The van der Waals surface area contributed by atoms with E-state index >= 15 is 0 Å². The molecular formula is C33H47N5O5. The first-order valence-electron chi connectivity index (χ1n) is 15.6. The van der Waals surface area contributed by atoms with E-state index < -0.39 is 17.9 Å². The van der Waals surface area contributed by atoms with E-state index in [0.29, 0.717) is 35.6 Å². The minimum absolute atomic E-state index is 0.0695. The maximum atomic E-state index is 13.6. The smallest absolute Gasteiger partial charge is 0.323 e. The number of hydrogen-bond acceptors (Lipinski definition) is 6. The average molecular weight is 594 g/mol. The summed E-state index contributed by atoms with van der Waals surface area (Å²) in [6, 6.07) is 5.46. The molecule has 2 heterocycles. The topological polar surface area (TPSA) is 127 Å². The molecule has 2 aromatic rings. The number of nitrogens with one attached hydrogen (secondary N) is 1. The largest absolute Gasteiger partial charge is 0.480 e. The van der Waals surface area contributed by atoms with Crippen molar-refractivity contribution in [2.75, 3.05) is 13.2 Å². The minimum atomic E-state index is -1.11. The highest BCUT2D eigenvalue weighted by molar-refractivity contribution is 5.96. The zero-order valence-corrected chi connectivity index (χ0v) is 26.2. The molecule has 0 radical (unpaired) electrons. The van der Waals surface area contributed by atoms with Gasteiger partial charge in [-0.05, 0) is 75.3 Å². The number of carboxylic acid groups (broad SMARTS) is 1. The lowest BCUT2D eigenvalue weighted by Crippen LogP contribution is -2.42. The molecule has 0 saturated heterocycles. The molecule has 0 aromatic carbocycles. The number of carbonyl (C=O) groups is 3. The zero-order valence-electron chi connectivity index (χ0n) is 26.2. The van der Waals surface area contributed by atoms with Gasteiger partial charge >= 0.3 is 5.97 Å². The van der Waals surface area contributed by atoms with Crippen LogP contribution in [-0.4, -0.2) is 61.7 Å².